The van der Waals surface area contributed by atoms with E-state index in [4.69, 9.17) is 0 Å². The highest BCUT2D eigenvalue weighted by atomic mass is 32.2. The minimum absolute atomic E-state index is 0.195. The summed E-state index contributed by atoms with van der Waals surface area (Å²) in [6, 6.07) is 11.5. The molecular formula is C19H23N3O4S. The van der Waals surface area contributed by atoms with Crippen molar-refractivity contribution in [2.24, 2.45) is 5.41 Å². The lowest BCUT2D eigenvalue weighted by Crippen LogP contribution is -2.33. The van der Waals surface area contributed by atoms with Crippen LogP contribution >= 0.6 is 0 Å². The maximum atomic E-state index is 12.7. The Morgan fingerprint density at radius 3 is 2.67 bits per heavy atom. The normalized spacial score (nSPS) is 13.6. The van der Waals surface area contributed by atoms with Gasteiger partial charge in [0.15, 0.2) is 0 Å². The van der Waals surface area contributed by atoms with Crippen LogP contribution in [0.25, 0.3) is 0 Å². The molecule has 3 rings (SSSR count). The zero-order valence-corrected chi connectivity index (χ0v) is 16.1. The van der Waals surface area contributed by atoms with Crippen LogP contribution in [0.1, 0.15) is 19.4 Å². The predicted octanol–water partition coefficient (Wildman–Crippen LogP) is 2.41. The zero-order chi connectivity index (χ0) is 19.7. The number of sulfonamides is 1. The van der Waals surface area contributed by atoms with E-state index in [1.807, 2.05) is 0 Å². The molecule has 0 atom stereocenters. The number of fused-ring (bicyclic) bond motifs is 1. The van der Waals surface area contributed by atoms with Crippen molar-refractivity contribution in [2.45, 2.75) is 25.2 Å². The maximum Gasteiger partial charge on any atom is 0.261 e. The Morgan fingerprint density at radius 2 is 1.93 bits per heavy atom. The quantitative estimate of drug-likeness (QED) is 0.607. The van der Waals surface area contributed by atoms with Crippen molar-refractivity contribution in [1.29, 1.82) is 0 Å². The molecule has 7 nitrogen and oxygen atoms in total. The Hall–Kier alpha value is -2.58. The third-order valence-electron chi connectivity index (χ3n) is 4.48. The Balaban J connectivity index is 1.78. The van der Waals surface area contributed by atoms with Gasteiger partial charge in [0.25, 0.3) is 10.0 Å². The molecular weight excluding hydrogens is 366 g/mol. The molecule has 2 aromatic carbocycles. The molecule has 144 valence electrons. The van der Waals surface area contributed by atoms with Crippen molar-refractivity contribution >= 4 is 33.0 Å². The van der Waals surface area contributed by atoms with E-state index in [0.717, 1.165) is 24.2 Å². The third-order valence-corrected chi connectivity index (χ3v) is 5.86. The topological polar surface area (TPSA) is 108 Å². The Morgan fingerprint density at radius 1 is 1.19 bits per heavy atom. The van der Waals surface area contributed by atoms with Crippen LogP contribution in [0.15, 0.2) is 47.4 Å². The predicted molar refractivity (Wildman–Crippen MR) is 105 cm³/mol. The summed E-state index contributed by atoms with van der Waals surface area (Å²) in [6.07, 6.45) is 0.793. The summed E-state index contributed by atoms with van der Waals surface area (Å²) in [6.45, 7) is 3.76. The van der Waals surface area contributed by atoms with Gasteiger partial charge in [-0.2, -0.15) is 0 Å². The fraction of sp³-hybridized carbons (Fsp3) is 0.316. The molecule has 0 bridgehead atoms. The van der Waals surface area contributed by atoms with E-state index in [9.17, 15) is 18.3 Å². The average Bonchev–Trinajstić information content (AvgIpc) is 3.09. The molecule has 1 heterocycles. The molecule has 0 unspecified atom stereocenters. The molecule has 0 radical (unpaired) electrons. The molecule has 2 aromatic rings. The molecule has 1 aliphatic rings. The molecule has 1 amide bonds. The van der Waals surface area contributed by atoms with Gasteiger partial charge in [-0.1, -0.05) is 6.07 Å². The fourth-order valence-electron chi connectivity index (χ4n) is 2.69. The van der Waals surface area contributed by atoms with E-state index in [2.05, 4.69) is 15.4 Å². The van der Waals surface area contributed by atoms with Crippen molar-refractivity contribution in [3.05, 3.63) is 48.0 Å². The van der Waals surface area contributed by atoms with E-state index in [-0.39, 0.29) is 17.4 Å². The van der Waals surface area contributed by atoms with Gasteiger partial charge in [0.05, 0.1) is 22.6 Å². The summed E-state index contributed by atoms with van der Waals surface area (Å²) >= 11 is 0. The SMILES string of the molecule is CC(C)(CO)C(=O)Nc1cccc(NS(=O)(=O)c2ccc3c(c2)CCN3)c1. The second kappa shape index (κ2) is 7.21. The van der Waals surface area contributed by atoms with Crippen LogP contribution in [0.2, 0.25) is 0 Å². The standard InChI is InChI=1S/C19H23N3O4S/c1-19(2,12-23)18(24)21-14-4-3-5-15(11-14)22-27(25,26)16-6-7-17-13(10-16)8-9-20-17/h3-7,10-11,20,22-23H,8-9,12H2,1-2H3,(H,21,24). The summed E-state index contributed by atoms with van der Waals surface area (Å²) in [4.78, 5) is 12.4. The number of amides is 1. The van der Waals surface area contributed by atoms with Crippen molar-refractivity contribution in [3.63, 3.8) is 0 Å². The largest absolute Gasteiger partial charge is 0.395 e. The number of hydrogen-bond donors (Lipinski definition) is 4. The van der Waals surface area contributed by atoms with Crippen LogP contribution in [0.4, 0.5) is 17.1 Å². The number of anilines is 3. The van der Waals surface area contributed by atoms with Gasteiger partial charge in [-0.15, -0.1) is 0 Å². The average molecular weight is 389 g/mol. The van der Waals surface area contributed by atoms with Crippen molar-refractivity contribution < 1.29 is 18.3 Å². The van der Waals surface area contributed by atoms with Gasteiger partial charge >= 0.3 is 0 Å². The summed E-state index contributed by atoms with van der Waals surface area (Å²) in [5.41, 5.74) is 1.79. The van der Waals surface area contributed by atoms with E-state index in [0.29, 0.717) is 11.4 Å². The van der Waals surface area contributed by atoms with E-state index >= 15 is 0 Å². The number of carbonyl (C=O) groups is 1. The van der Waals surface area contributed by atoms with Gasteiger partial charge < -0.3 is 15.7 Å². The number of hydrogen-bond acceptors (Lipinski definition) is 5. The highest BCUT2D eigenvalue weighted by Crippen LogP contribution is 2.27. The second-order valence-electron chi connectivity index (χ2n) is 7.18. The highest BCUT2D eigenvalue weighted by Gasteiger charge is 2.26. The molecule has 0 spiro atoms. The molecule has 0 saturated carbocycles. The minimum atomic E-state index is -3.74. The molecule has 0 aliphatic carbocycles. The number of nitrogens with one attached hydrogen (secondary N) is 3. The Kier molecular flexibility index (Phi) is 5.12. The van der Waals surface area contributed by atoms with Gasteiger partial charge in [-0.3, -0.25) is 9.52 Å². The first-order valence-electron chi connectivity index (χ1n) is 8.63. The summed E-state index contributed by atoms with van der Waals surface area (Å²) in [5.74, 6) is -0.351. The van der Waals surface area contributed by atoms with Crippen LogP contribution < -0.4 is 15.4 Å². The fourth-order valence-corrected chi connectivity index (χ4v) is 3.79. The molecule has 4 N–H and O–H groups in total. The Bertz CT molecular complexity index is 971. The molecule has 0 saturated heterocycles. The van der Waals surface area contributed by atoms with Gasteiger partial charge in [0.2, 0.25) is 5.91 Å². The number of carbonyl (C=O) groups excluding carboxylic acids is 1. The van der Waals surface area contributed by atoms with E-state index < -0.39 is 15.4 Å². The van der Waals surface area contributed by atoms with Gasteiger partial charge in [-0.25, -0.2) is 8.42 Å². The maximum absolute atomic E-state index is 12.7. The summed E-state index contributed by atoms with van der Waals surface area (Å²) < 4.78 is 27.9. The lowest BCUT2D eigenvalue weighted by atomic mass is 9.93. The number of benzene rings is 2. The monoisotopic (exact) mass is 389 g/mol. The first-order valence-corrected chi connectivity index (χ1v) is 10.1. The molecule has 0 fully saturated rings. The number of aliphatic hydroxyl groups excluding tert-OH is 1. The van der Waals surface area contributed by atoms with Crippen molar-refractivity contribution in [2.75, 3.05) is 28.5 Å². The first kappa shape index (κ1) is 19.2. The molecule has 8 heteroatoms. The second-order valence-corrected chi connectivity index (χ2v) is 8.86. The third kappa shape index (κ3) is 4.23. The van der Waals surface area contributed by atoms with Crippen LogP contribution in [-0.4, -0.2) is 32.6 Å². The zero-order valence-electron chi connectivity index (χ0n) is 15.2. The van der Waals surface area contributed by atoms with Crippen LogP contribution in [-0.2, 0) is 21.2 Å². The van der Waals surface area contributed by atoms with E-state index in [1.54, 1.807) is 50.2 Å². The van der Waals surface area contributed by atoms with E-state index in [1.165, 1.54) is 6.07 Å². The van der Waals surface area contributed by atoms with Crippen molar-refractivity contribution in [3.8, 4) is 0 Å². The summed E-state index contributed by atoms with van der Waals surface area (Å²) in [5, 5.41) is 15.2. The van der Waals surface area contributed by atoms with Crippen molar-refractivity contribution in [1.82, 2.24) is 0 Å². The first-order chi connectivity index (χ1) is 12.7. The van der Waals surface area contributed by atoms with Gasteiger partial charge in [0.1, 0.15) is 0 Å². The Labute approximate surface area is 158 Å². The smallest absolute Gasteiger partial charge is 0.261 e. The van der Waals surface area contributed by atoms with Crippen LogP contribution in [0.3, 0.4) is 0 Å². The lowest BCUT2D eigenvalue weighted by molar-refractivity contribution is -0.125. The minimum Gasteiger partial charge on any atom is -0.395 e. The van der Waals surface area contributed by atoms with Gasteiger partial charge in [0, 0.05) is 17.9 Å². The van der Waals surface area contributed by atoms with Crippen LogP contribution in [0, 0.1) is 5.41 Å². The lowest BCUT2D eigenvalue weighted by Gasteiger charge is -2.20. The molecule has 27 heavy (non-hydrogen) atoms. The molecule has 1 aliphatic heterocycles. The van der Waals surface area contributed by atoms with Crippen LogP contribution in [0.5, 0.6) is 0 Å². The number of rotatable bonds is 6. The molecule has 0 aromatic heterocycles. The summed E-state index contributed by atoms with van der Waals surface area (Å²) in [7, 11) is -3.74. The van der Waals surface area contributed by atoms with Gasteiger partial charge in [-0.05, 0) is 62.2 Å². The highest BCUT2D eigenvalue weighted by molar-refractivity contribution is 7.92. The number of aliphatic hydroxyl groups is 1.